The van der Waals surface area contributed by atoms with Gasteiger partial charge in [-0.2, -0.15) is 0 Å². The second-order valence-electron chi connectivity index (χ2n) is 4.60. The molecule has 5 heteroatoms. The Morgan fingerprint density at radius 1 is 1.47 bits per heavy atom. The van der Waals surface area contributed by atoms with E-state index in [2.05, 4.69) is 5.32 Å². The summed E-state index contributed by atoms with van der Waals surface area (Å²) in [5.41, 5.74) is 1.89. The lowest BCUT2D eigenvalue weighted by Gasteiger charge is -2.16. The van der Waals surface area contributed by atoms with Crippen molar-refractivity contribution >= 4 is 10.8 Å². The molecule has 2 unspecified atom stereocenters. The summed E-state index contributed by atoms with van der Waals surface area (Å²) in [7, 11) is 0.856. The summed E-state index contributed by atoms with van der Waals surface area (Å²) in [6.07, 6.45) is 1.95. The van der Waals surface area contributed by atoms with Crippen molar-refractivity contribution in [1.29, 1.82) is 0 Å². The third-order valence-electron chi connectivity index (χ3n) is 2.87. The van der Waals surface area contributed by atoms with Crippen LogP contribution in [0.3, 0.4) is 0 Å². The Kier molecular flexibility index (Phi) is 7.05. The molecule has 0 radical (unpaired) electrons. The fourth-order valence-corrected chi connectivity index (χ4v) is 2.41. The Hall–Kier alpha value is -0.910. The number of aryl methyl sites for hydroxylation is 1. The molecule has 0 aliphatic carbocycles. The van der Waals surface area contributed by atoms with Gasteiger partial charge in [0.1, 0.15) is 5.75 Å². The molecule has 19 heavy (non-hydrogen) atoms. The number of hydrogen-bond acceptors (Lipinski definition) is 4. The lowest BCUT2D eigenvalue weighted by atomic mass is 10.1. The molecule has 4 nitrogen and oxygen atoms in total. The quantitative estimate of drug-likeness (QED) is 0.709. The third-order valence-corrected chi connectivity index (χ3v) is 3.73. The minimum atomic E-state index is -0.746. The third kappa shape index (κ3) is 5.72. The van der Waals surface area contributed by atoms with Crippen LogP contribution < -0.4 is 10.1 Å². The van der Waals surface area contributed by atoms with E-state index >= 15 is 0 Å². The summed E-state index contributed by atoms with van der Waals surface area (Å²) >= 11 is 0. The first-order valence-electron chi connectivity index (χ1n) is 6.38. The van der Waals surface area contributed by atoms with E-state index in [1.54, 1.807) is 13.4 Å². The molecule has 0 saturated carbocycles. The molecule has 0 aliphatic heterocycles. The van der Waals surface area contributed by atoms with E-state index in [0.29, 0.717) is 18.0 Å². The fourth-order valence-electron chi connectivity index (χ4n) is 1.86. The molecule has 1 rings (SSSR count). The van der Waals surface area contributed by atoms with E-state index in [9.17, 15) is 9.32 Å². The second kappa shape index (κ2) is 8.30. The number of nitrogens with one attached hydrogen (secondary N) is 1. The van der Waals surface area contributed by atoms with Crippen LogP contribution in [0.4, 0.5) is 0 Å². The van der Waals surface area contributed by atoms with Crippen molar-refractivity contribution in [3.05, 3.63) is 29.3 Å². The van der Waals surface area contributed by atoms with E-state index in [1.165, 1.54) is 0 Å². The Balaban J connectivity index is 2.46. The molecule has 108 valence electrons. The molecule has 0 amide bonds. The normalized spacial score (nSPS) is 14.1. The fraction of sp³-hybridized carbons (Fsp3) is 0.571. The predicted molar refractivity (Wildman–Crippen MR) is 79.1 cm³/mol. The van der Waals surface area contributed by atoms with Gasteiger partial charge in [-0.1, -0.05) is 11.6 Å². The Morgan fingerprint density at radius 3 is 2.84 bits per heavy atom. The van der Waals surface area contributed by atoms with E-state index < -0.39 is 16.9 Å². The molecule has 0 fully saturated rings. The number of aliphatic hydroxyl groups is 1. The number of methoxy groups -OCH3 is 1. The summed E-state index contributed by atoms with van der Waals surface area (Å²) in [5.74, 6) is 1.39. The van der Waals surface area contributed by atoms with E-state index in [1.807, 2.05) is 25.1 Å². The van der Waals surface area contributed by atoms with Crippen LogP contribution in [-0.4, -0.2) is 41.5 Å². The van der Waals surface area contributed by atoms with Gasteiger partial charge in [0.2, 0.25) is 0 Å². The van der Waals surface area contributed by atoms with Crippen LogP contribution in [0.25, 0.3) is 0 Å². The summed E-state index contributed by atoms with van der Waals surface area (Å²) in [5, 5.41) is 13.3. The molecule has 1 aromatic carbocycles. The summed E-state index contributed by atoms with van der Waals surface area (Å²) in [4.78, 5) is 0. The zero-order valence-electron chi connectivity index (χ0n) is 11.8. The highest BCUT2D eigenvalue weighted by atomic mass is 32.2. The molecule has 0 spiro atoms. The first-order valence-corrected chi connectivity index (χ1v) is 8.10. The summed E-state index contributed by atoms with van der Waals surface area (Å²) in [6, 6.07) is 5.76. The van der Waals surface area contributed by atoms with Crippen molar-refractivity contribution in [3.63, 3.8) is 0 Å². The Morgan fingerprint density at radius 2 is 2.21 bits per heavy atom. The maximum absolute atomic E-state index is 10.9. The van der Waals surface area contributed by atoms with Gasteiger partial charge in [0.05, 0.1) is 13.2 Å². The minimum Gasteiger partial charge on any atom is -0.496 e. The zero-order valence-corrected chi connectivity index (χ0v) is 12.6. The van der Waals surface area contributed by atoms with Gasteiger partial charge in [-0.15, -0.1) is 0 Å². The molecule has 0 bridgehead atoms. The van der Waals surface area contributed by atoms with Gasteiger partial charge in [-0.25, -0.2) is 0 Å². The second-order valence-corrected chi connectivity index (χ2v) is 6.15. The van der Waals surface area contributed by atoms with Gasteiger partial charge >= 0.3 is 0 Å². The van der Waals surface area contributed by atoms with E-state index in [4.69, 9.17) is 4.74 Å². The van der Waals surface area contributed by atoms with Crippen LogP contribution in [0.15, 0.2) is 18.2 Å². The van der Waals surface area contributed by atoms with Gasteiger partial charge in [-0.05, 0) is 32.0 Å². The zero-order chi connectivity index (χ0) is 14.3. The molecule has 2 N–H and O–H groups in total. The van der Waals surface area contributed by atoms with Crippen LogP contribution in [0, 0.1) is 6.92 Å². The molecule has 0 heterocycles. The van der Waals surface area contributed by atoms with Gasteiger partial charge in [-0.3, -0.25) is 4.21 Å². The molecule has 0 saturated heterocycles. The van der Waals surface area contributed by atoms with Crippen molar-refractivity contribution < 1.29 is 14.1 Å². The lowest BCUT2D eigenvalue weighted by Crippen LogP contribution is -2.23. The van der Waals surface area contributed by atoms with Crippen molar-refractivity contribution in [2.75, 3.05) is 32.2 Å². The highest BCUT2D eigenvalue weighted by molar-refractivity contribution is 7.84. The molecular formula is C14H23NO3S. The summed E-state index contributed by atoms with van der Waals surface area (Å²) < 4.78 is 16.2. The average Bonchev–Trinajstić information content (AvgIpc) is 2.37. The van der Waals surface area contributed by atoms with Crippen LogP contribution >= 0.6 is 0 Å². The highest BCUT2D eigenvalue weighted by Gasteiger charge is 2.12. The number of aliphatic hydroxyl groups excluding tert-OH is 1. The van der Waals surface area contributed by atoms with Gasteiger partial charge in [0.25, 0.3) is 0 Å². The number of hydrogen-bond donors (Lipinski definition) is 2. The maximum atomic E-state index is 10.9. The predicted octanol–water partition coefficient (Wildman–Crippen LogP) is 1.40. The van der Waals surface area contributed by atoms with Gasteiger partial charge in [0, 0.05) is 34.9 Å². The standard InChI is InChI=1S/C14H23NO3S/c1-11-5-6-14(18-2)12(9-11)13(16)10-15-7-4-8-19(3)17/h5-6,9,13,15-16H,4,7-8,10H2,1-3H3. The van der Waals surface area contributed by atoms with Gasteiger partial charge in [0.15, 0.2) is 0 Å². The highest BCUT2D eigenvalue weighted by Crippen LogP contribution is 2.25. The van der Waals surface area contributed by atoms with Crippen molar-refractivity contribution in [2.24, 2.45) is 0 Å². The SMILES string of the molecule is COc1ccc(C)cc1C(O)CNCCCS(C)=O. The molecular weight excluding hydrogens is 262 g/mol. The van der Waals surface area contributed by atoms with Crippen LogP contribution in [0.5, 0.6) is 5.75 Å². The molecule has 2 atom stereocenters. The lowest BCUT2D eigenvalue weighted by molar-refractivity contribution is 0.170. The van der Waals surface area contributed by atoms with Crippen LogP contribution in [-0.2, 0) is 10.8 Å². The monoisotopic (exact) mass is 285 g/mol. The topological polar surface area (TPSA) is 58.6 Å². The number of ether oxygens (including phenoxy) is 1. The number of benzene rings is 1. The van der Waals surface area contributed by atoms with E-state index in [-0.39, 0.29) is 0 Å². The smallest absolute Gasteiger partial charge is 0.124 e. The van der Waals surface area contributed by atoms with Gasteiger partial charge < -0.3 is 15.2 Å². The first-order chi connectivity index (χ1) is 9.04. The van der Waals surface area contributed by atoms with E-state index in [0.717, 1.165) is 24.1 Å². The van der Waals surface area contributed by atoms with Crippen molar-refractivity contribution in [2.45, 2.75) is 19.4 Å². The largest absolute Gasteiger partial charge is 0.496 e. The minimum absolute atomic E-state index is 0.468. The summed E-state index contributed by atoms with van der Waals surface area (Å²) in [6.45, 7) is 3.21. The molecule has 0 aliphatic rings. The molecule has 0 aromatic heterocycles. The van der Waals surface area contributed by atoms with Crippen molar-refractivity contribution in [1.82, 2.24) is 5.32 Å². The van der Waals surface area contributed by atoms with Crippen LogP contribution in [0.1, 0.15) is 23.7 Å². The van der Waals surface area contributed by atoms with Crippen molar-refractivity contribution in [3.8, 4) is 5.75 Å². The van der Waals surface area contributed by atoms with Crippen LogP contribution in [0.2, 0.25) is 0 Å². The Labute approximate surface area is 117 Å². The number of rotatable bonds is 8. The first kappa shape index (κ1) is 16.1. The average molecular weight is 285 g/mol. The Bertz CT molecular complexity index is 423. The maximum Gasteiger partial charge on any atom is 0.124 e. The molecule has 1 aromatic rings.